The van der Waals surface area contributed by atoms with Gasteiger partial charge < -0.3 is 24.9 Å². The van der Waals surface area contributed by atoms with E-state index in [0.717, 1.165) is 55.9 Å². The average molecular weight is 523 g/mol. The number of thioether (sulfide) groups is 1. The van der Waals surface area contributed by atoms with E-state index >= 15 is 0 Å². The van der Waals surface area contributed by atoms with Gasteiger partial charge in [-0.15, -0.1) is 0 Å². The van der Waals surface area contributed by atoms with Gasteiger partial charge in [0.1, 0.15) is 5.82 Å². The highest BCUT2D eigenvalue weighted by atomic mass is 32.2. The summed E-state index contributed by atoms with van der Waals surface area (Å²) in [5, 5.41) is 4.87. The zero-order valence-corrected chi connectivity index (χ0v) is 21.5. The lowest BCUT2D eigenvalue weighted by Crippen LogP contribution is -2.45. The van der Waals surface area contributed by atoms with Crippen molar-refractivity contribution in [2.24, 2.45) is 0 Å². The van der Waals surface area contributed by atoms with Gasteiger partial charge in [0.15, 0.2) is 0 Å². The Labute approximate surface area is 219 Å². The van der Waals surface area contributed by atoms with E-state index in [9.17, 15) is 14.4 Å². The van der Waals surface area contributed by atoms with Crippen LogP contribution in [0.3, 0.4) is 0 Å². The number of likely N-dealkylation sites (N-methyl/N-ethyl adjacent to an activating group) is 1. The van der Waals surface area contributed by atoms with Crippen LogP contribution >= 0.6 is 11.8 Å². The number of imide groups is 1. The maximum absolute atomic E-state index is 12.8. The molecular formula is C25H30N8O3S. The van der Waals surface area contributed by atoms with Crippen LogP contribution in [-0.2, 0) is 4.79 Å². The first-order valence-electron chi connectivity index (χ1n) is 12.4. The van der Waals surface area contributed by atoms with Crippen LogP contribution in [0.15, 0.2) is 41.3 Å². The van der Waals surface area contributed by atoms with Gasteiger partial charge in [0.05, 0.1) is 10.6 Å². The third-order valence-electron chi connectivity index (χ3n) is 6.56. The summed E-state index contributed by atoms with van der Waals surface area (Å²) >= 11 is 0.875. The number of amides is 4. The molecule has 0 saturated carbocycles. The minimum atomic E-state index is -0.411. The van der Waals surface area contributed by atoms with Crippen molar-refractivity contribution in [2.45, 2.75) is 6.42 Å². The topological polar surface area (TPSA) is 114 Å². The van der Waals surface area contributed by atoms with Crippen LogP contribution in [0.25, 0.3) is 6.08 Å². The molecule has 194 valence electrons. The van der Waals surface area contributed by atoms with Gasteiger partial charge in [-0.1, -0.05) is 18.2 Å². The molecule has 4 amide bonds. The van der Waals surface area contributed by atoms with Gasteiger partial charge in [0.25, 0.3) is 11.1 Å². The molecule has 1 aromatic heterocycles. The van der Waals surface area contributed by atoms with Gasteiger partial charge in [-0.2, -0.15) is 4.98 Å². The molecular weight excluding hydrogens is 492 g/mol. The van der Waals surface area contributed by atoms with Crippen LogP contribution in [0, 0.1) is 0 Å². The summed E-state index contributed by atoms with van der Waals surface area (Å²) in [6, 6.07) is 11.2. The van der Waals surface area contributed by atoms with E-state index in [1.807, 2.05) is 41.3 Å². The minimum Gasteiger partial charge on any atom is -0.354 e. The second kappa shape index (κ2) is 11.2. The molecule has 3 aliphatic rings. The molecule has 3 aliphatic heterocycles. The Morgan fingerprint density at radius 1 is 0.973 bits per heavy atom. The van der Waals surface area contributed by atoms with Crippen LogP contribution in [0.4, 0.5) is 27.0 Å². The molecule has 2 N–H and O–H groups in total. The first-order chi connectivity index (χ1) is 17.9. The molecule has 3 saturated heterocycles. The number of para-hydroxylation sites is 1. The molecule has 0 unspecified atom stereocenters. The zero-order valence-electron chi connectivity index (χ0n) is 20.7. The molecule has 12 heteroatoms. The molecule has 11 nitrogen and oxygen atoms in total. The molecule has 0 atom stereocenters. The third kappa shape index (κ3) is 6.20. The number of urea groups is 1. The standard InChI is InChI=1S/C25H30N8O3S/c1-30-10-12-31(13-11-30)21-17-19(16-20-22(34)29-25(36)37-20)26-23(28-21)32-8-5-9-33(15-14-32)24(35)27-18-6-3-2-4-7-18/h2-4,6-7,16-17H,5,8-15H2,1H3,(H,27,35)(H,29,34,36)/b20-16+. The second-order valence-electron chi connectivity index (χ2n) is 9.22. The largest absolute Gasteiger partial charge is 0.354 e. The van der Waals surface area contributed by atoms with Gasteiger partial charge in [-0.25, -0.2) is 9.78 Å². The lowest BCUT2D eigenvalue weighted by Gasteiger charge is -2.34. The Morgan fingerprint density at radius 3 is 2.46 bits per heavy atom. The van der Waals surface area contributed by atoms with E-state index < -0.39 is 5.91 Å². The Hall–Kier alpha value is -3.64. The number of aromatic nitrogens is 2. The number of hydrogen-bond acceptors (Lipinski definition) is 9. The van der Waals surface area contributed by atoms with Gasteiger partial charge in [-0.3, -0.25) is 14.9 Å². The zero-order chi connectivity index (χ0) is 25.8. The normalized spacial score (nSPS) is 20.2. The molecule has 0 bridgehead atoms. The summed E-state index contributed by atoms with van der Waals surface area (Å²) in [7, 11) is 2.10. The fourth-order valence-electron chi connectivity index (χ4n) is 4.45. The second-order valence-corrected chi connectivity index (χ2v) is 10.2. The molecule has 1 aromatic carbocycles. The van der Waals surface area contributed by atoms with Gasteiger partial charge in [0, 0.05) is 64.1 Å². The van der Waals surface area contributed by atoms with E-state index in [0.29, 0.717) is 42.7 Å². The number of nitrogens with zero attached hydrogens (tertiary/aromatic N) is 6. The summed E-state index contributed by atoms with van der Waals surface area (Å²) in [5.41, 5.74) is 1.34. The fraction of sp³-hybridized carbons (Fsp3) is 0.400. The summed E-state index contributed by atoms with van der Waals surface area (Å²) in [6.45, 7) is 5.97. The van der Waals surface area contributed by atoms with Crippen molar-refractivity contribution in [1.29, 1.82) is 0 Å². The van der Waals surface area contributed by atoms with Crippen molar-refractivity contribution in [2.75, 3.05) is 74.5 Å². The Balaban J connectivity index is 1.36. The van der Waals surface area contributed by atoms with Crippen molar-refractivity contribution >= 4 is 52.5 Å². The van der Waals surface area contributed by atoms with Crippen molar-refractivity contribution in [3.8, 4) is 0 Å². The lowest BCUT2D eigenvalue weighted by atomic mass is 10.3. The van der Waals surface area contributed by atoms with E-state index in [1.165, 1.54) is 0 Å². The third-order valence-corrected chi connectivity index (χ3v) is 7.37. The quantitative estimate of drug-likeness (QED) is 0.584. The number of hydrogen-bond donors (Lipinski definition) is 2. The van der Waals surface area contributed by atoms with E-state index in [1.54, 1.807) is 6.08 Å². The Bertz CT molecular complexity index is 1200. The van der Waals surface area contributed by atoms with Crippen LogP contribution < -0.4 is 20.4 Å². The van der Waals surface area contributed by atoms with Gasteiger partial charge in [0.2, 0.25) is 5.95 Å². The summed E-state index contributed by atoms with van der Waals surface area (Å²) < 4.78 is 0. The number of benzene rings is 1. The first kappa shape index (κ1) is 25.0. The van der Waals surface area contributed by atoms with E-state index in [-0.39, 0.29) is 11.3 Å². The number of carbonyl (C=O) groups is 3. The Morgan fingerprint density at radius 2 is 1.73 bits per heavy atom. The van der Waals surface area contributed by atoms with E-state index in [2.05, 4.69) is 32.4 Å². The number of piperazine rings is 1. The smallest absolute Gasteiger partial charge is 0.321 e. The molecule has 0 radical (unpaired) electrons. The summed E-state index contributed by atoms with van der Waals surface area (Å²) in [5.74, 6) is 0.942. The number of rotatable bonds is 4. The Kier molecular flexibility index (Phi) is 7.56. The lowest BCUT2D eigenvalue weighted by molar-refractivity contribution is -0.115. The van der Waals surface area contributed by atoms with Crippen LogP contribution in [0.2, 0.25) is 0 Å². The van der Waals surface area contributed by atoms with Crippen LogP contribution in [0.5, 0.6) is 0 Å². The first-order valence-corrected chi connectivity index (χ1v) is 13.2. The highest BCUT2D eigenvalue weighted by Gasteiger charge is 2.27. The van der Waals surface area contributed by atoms with Crippen LogP contribution in [0.1, 0.15) is 12.1 Å². The van der Waals surface area contributed by atoms with Crippen molar-refractivity contribution in [3.63, 3.8) is 0 Å². The molecule has 5 rings (SSSR count). The predicted molar refractivity (Wildman–Crippen MR) is 145 cm³/mol. The van der Waals surface area contributed by atoms with Crippen molar-refractivity contribution in [3.05, 3.63) is 47.0 Å². The van der Waals surface area contributed by atoms with E-state index in [4.69, 9.17) is 9.97 Å². The molecule has 0 aliphatic carbocycles. The molecule has 4 heterocycles. The molecule has 3 fully saturated rings. The predicted octanol–water partition coefficient (Wildman–Crippen LogP) is 2.30. The van der Waals surface area contributed by atoms with Gasteiger partial charge >= 0.3 is 6.03 Å². The molecule has 0 spiro atoms. The number of carbonyl (C=O) groups excluding carboxylic acids is 3. The number of anilines is 3. The maximum Gasteiger partial charge on any atom is 0.321 e. The summed E-state index contributed by atoms with van der Waals surface area (Å²) in [6.07, 6.45) is 2.42. The van der Waals surface area contributed by atoms with Crippen molar-refractivity contribution < 1.29 is 14.4 Å². The number of nitrogens with one attached hydrogen (secondary N) is 2. The SMILES string of the molecule is CN1CCN(c2cc(/C=C3/SC(=O)NC3=O)nc(N3CCCN(C(=O)Nc4ccccc4)CC3)n2)CC1. The fourth-order valence-corrected chi connectivity index (χ4v) is 5.12. The highest BCUT2D eigenvalue weighted by molar-refractivity contribution is 8.18. The maximum atomic E-state index is 12.8. The average Bonchev–Trinajstić information content (AvgIpc) is 3.07. The highest BCUT2D eigenvalue weighted by Crippen LogP contribution is 2.27. The monoisotopic (exact) mass is 522 g/mol. The summed E-state index contributed by atoms with van der Waals surface area (Å²) in [4.78, 5) is 55.0. The minimum absolute atomic E-state index is 0.125. The van der Waals surface area contributed by atoms with Gasteiger partial charge in [-0.05, 0) is 43.4 Å². The molecule has 37 heavy (non-hydrogen) atoms. The van der Waals surface area contributed by atoms with Crippen molar-refractivity contribution in [1.82, 2.24) is 25.1 Å². The van der Waals surface area contributed by atoms with Crippen LogP contribution in [-0.4, -0.2) is 96.4 Å². The molecule has 2 aromatic rings.